The van der Waals surface area contributed by atoms with Gasteiger partial charge in [-0.3, -0.25) is 9.69 Å². The van der Waals surface area contributed by atoms with E-state index in [1.54, 1.807) is 4.90 Å². The lowest BCUT2D eigenvalue weighted by atomic mass is 9.83. The number of urea groups is 1. The second-order valence-electron chi connectivity index (χ2n) is 14.4. The van der Waals surface area contributed by atoms with Gasteiger partial charge in [-0.2, -0.15) is 13.2 Å². The minimum Gasteiger partial charge on any atom is -0.436 e. The Balaban J connectivity index is 1.02. The molecule has 276 valence electrons. The summed E-state index contributed by atoms with van der Waals surface area (Å²) in [5.41, 5.74) is 5.92. The first-order valence-electron chi connectivity index (χ1n) is 18.0. The molecule has 2 bridgehead atoms. The van der Waals surface area contributed by atoms with Gasteiger partial charge in [-0.25, -0.2) is 9.59 Å². The summed E-state index contributed by atoms with van der Waals surface area (Å²) in [6.07, 6.45) is -3.03. The summed E-state index contributed by atoms with van der Waals surface area (Å²) in [5, 5.41) is 2.71. The number of hydrogen-bond donors (Lipinski definition) is 2. The Kier molecular flexibility index (Phi) is 10.3. The van der Waals surface area contributed by atoms with Crippen LogP contribution in [0.2, 0.25) is 5.02 Å². The number of amides is 4. The number of alkyl halides is 3. The predicted molar refractivity (Wildman–Crippen MR) is 186 cm³/mol. The number of benzene rings is 2. The first-order chi connectivity index (χ1) is 24.4. The highest BCUT2D eigenvalue weighted by molar-refractivity contribution is 6.33. The van der Waals surface area contributed by atoms with Crippen LogP contribution in [0.25, 0.3) is 0 Å². The summed E-state index contributed by atoms with van der Waals surface area (Å²) in [7, 11) is 0. The highest BCUT2D eigenvalue weighted by Crippen LogP contribution is 2.38. The number of likely N-dealkylation sites (tertiary alicyclic amines) is 1. The van der Waals surface area contributed by atoms with E-state index in [0.29, 0.717) is 77.0 Å². The summed E-state index contributed by atoms with van der Waals surface area (Å²) in [6.45, 7) is 6.66. The number of ether oxygens (including phenoxy) is 1. The van der Waals surface area contributed by atoms with Gasteiger partial charge < -0.3 is 35.4 Å². The van der Waals surface area contributed by atoms with Crippen molar-refractivity contribution in [1.82, 2.24) is 24.5 Å². The van der Waals surface area contributed by atoms with E-state index in [4.69, 9.17) is 22.1 Å². The van der Waals surface area contributed by atoms with Crippen molar-refractivity contribution in [2.75, 3.05) is 76.5 Å². The van der Waals surface area contributed by atoms with Crippen molar-refractivity contribution in [2.24, 2.45) is 5.92 Å². The van der Waals surface area contributed by atoms with Gasteiger partial charge in [0.25, 0.3) is 5.91 Å². The molecule has 3 N–H and O–H groups in total. The first-order valence-corrected chi connectivity index (χ1v) is 18.3. The molecule has 6 heterocycles. The Morgan fingerprint density at radius 3 is 2.31 bits per heavy atom. The SMILES string of the molecule is Nc1c(Cl)cc(CC(OC(=O)N2CCC(N3CCc4ccccc4NC3=O)CC2)C(=O)N2CCN(C3CN4CCC3CC4)CC2)cc1C(F)(F)F. The zero-order valence-electron chi connectivity index (χ0n) is 28.5. The number of hydrogen-bond acceptors (Lipinski definition) is 7. The second-order valence-corrected chi connectivity index (χ2v) is 14.8. The van der Waals surface area contributed by atoms with Crippen LogP contribution in [0, 0.1) is 5.92 Å². The third-order valence-electron chi connectivity index (χ3n) is 11.5. The third kappa shape index (κ3) is 7.73. The molecule has 8 rings (SSSR count). The predicted octanol–water partition coefficient (Wildman–Crippen LogP) is 4.78. The molecule has 15 heteroatoms. The Hall–Kier alpha value is -3.75. The molecule has 2 unspecified atom stereocenters. The Morgan fingerprint density at radius 2 is 1.65 bits per heavy atom. The summed E-state index contributed by atoms with van der Waals surface area (Å²) in [5.74, 6) is 0.201. The fourth-order valence-corrected chi connectivity index (χ4v) is 8.78. The fourth-order valence-electron chi connectivity index (χ4n) is 8.54. The number of anilines is 2. The van der Waals surface area contributed by atoms with Crippen LogP contribution >= 0.6 is 11.6 Å². The van der Waals surface area contributed by atoms with Gasteiger partial charge in [-0.1, -0.05) is 29.8 Å². The third-order valence-corrected chi connectivity index (χ3v) is 11.8. The summed E-state index contributed by atoms with van der Waals surface area (Å²) >= 11 is 6.13. The van der Waals surface area contributed by atoms with Crippen molar-refractivity contribution in [3.63, 3.8) is 0 Å². The van der Waals surface area contributed by atoms with Gasteiger partial charge in [0.1, 0.15) is 0 Å². The van der Waals surface area contributed by atoms with Gasteiger partial charge in [0.15, 0.2) is 6.10 Å². The van der Waals surface area contributed by atoms with E-state index in [9.17, 15) is 27.6 Å². The fraction of sp³-hybridized carbons (Fsp3) is 0.583. The lowest BCUT2D eigenvalue weighted by molar-refractivity contribution is -0.143. The van der Waals surface area contributed by atoms with Gasteiger partial charge in [0, 0.05) is 76.5 Å². The van der Waals surface area contributed by atoms with Crippen LogP contribution < -0.4 is 11.1 Å². The number of carbonyl (C=O) groups is 3. The number of nitrogens with zero attached hydrogens (tertiary/aromatic N) is 5. The quantitative estimate of drug-likeness (QED) is 0.412. The van der Waals surface area contributed by atoms with E-state index in [-0.39, 0.29) is 29.1 Å². The number of nitrogens with two attached hydrogens (primary N) is 1. The normalized spacial score (nSPS) is 25.2. The molecule has 2 atom stereocenters. The van der Waals surface area contributed by atoms with Crippen molar-refractivity contribution in [1.29, 1.82) is 0 Å². The van der Waals surface area contributed by atoms with Crippen molar-refractivity contribution < 1.29 is 32.3 Å². The zero-order chi connectivity index (χ0) is 35.9. The molecule has 5 saturated heterocycles. The molecule has 5 fully saturated rings. The Morgan fingerprint density at radius 1 is 0.941 bits per heavy atom. The molecule has 0 saturated carbocycles. The Labute approximate surface area is 300 Å². The molecule has 0 radical (unpaired) electrons. The van der Waals surface area contributed by atoms with E-state index < -0.39 is 35.5 Å². The first kappa shape index (κ1) is 35.6. The Bertz CT molecular complexity index is 1620. The molecule has 51 heavy (non-hydrogen) atoms. The number of fused-ring (bicyclic) bond motifs is 4. The maximum absolute atomic E-state index is 14.1. The monoisotopic (exact) mass is 731 g/mol. The van der Waals surface area contributed by atoms with Gasteiger partial charge in [-0.05, 0) is 80.4 Å². The van der Waals surface area contributed by atoms with Crippen molar-refractivity contribution in [3.05, 3.63) is 58.1 Å². The maximum atomic E-state index is 14.1. The van der Waals surface area contributed by atoms with Crippen LogP contribution in [0.5, 0.6) is 0 Å². The number of nitrogens with one attached hydrogen (secondary N) is 1. The van der Waals surface area contributed by atoms with Gasteiger partial charge in [0.05, 0.1) is 16.3 Å². The number of carbonyl (C=O) groups excluding carboxylic acids is 3. The lowest BCUT2D eigenvalue weighted by Gasteiger charge is -2.51. The average Bonchev–Trinajstić information content (AvgIpc) is 3.30. The molecule has 11 nitrogen and oxygen atoms in total. The average molecular weight is 732 g/mol. The molecule has 2 aromatic carbocycles. The standard InChI is InChI=1S/C36H45ClF3N7O4/c37-28-20-23(19-27(32(28)41)36(38,39)40)21-31(33(48)45-17-15-44(16-18-45)30-22-43-10-5-25(30)6-11-43)51-35(50)46-12-8-26(9-13-46)47-14-7-24-3-1-2-4-29(24)42-34(47)49/h1-4,19-20,25-26,30-31H,5-18,21-22,41H2,(H,42,49). The smallest absolute Gasteiger partial charge is 0.418 e. The van der Waals surface area contributed by atoms with Crippen molar-refractivity contribution in [3.8, 4) is 0 Å². The molecule has 4 amide bonds. The molecule has 0 aliphatic carbocycles. The van der Waals surface area contributed by atoms with E-state index in [1.807, 2.05) is 29.2 Å². The topological polar surface area (TPSA) is 115 Å². The number of rotatable bonds is 6. The van der Waals surface area contributed by atoms with E-state index in [2.05, 4.69) is 15.1 Å². The molecular formula is C36H45ClF3N7O4. The van der Waals surface area contributed by atoms with Crippen LogP contribution in [0.3, 0.4) is 0 Å². The zero-order valence-corrected chi connectivity index (χ0v) is 29.3. The summed E-state index contributed by atoms with van der Waals surface area (Å²) in [4.78, 5) is 50.7. The molecule has 6 aliphatic rings. The van der Waals surface area contributed by atoms with Gasteiger partial charge >= 0.3 is 18.3 Å². The molecule has 0 spiro atoms. The summed E-state index contributed by atoms with van der Waals surface area (Å²) in [6, 6.07) is 10.1. The highest BCUT2D eigenvalue weighted by atomic mass is 35.5. The summed E-state index contributed by atoms with van der Waals surface area (Å²) < 4.78 is 47.4. The van der Waals surface area contributed by atoms with E-state index in [1.165, 1.54) is 23.8 Å². The number of halogens is 4. The minimum atomic E-state index is -4.76. The van der Waals surface area contributed by atoms with Gasteiger partial charge in [-0.15, -0.1) is 0 Å². The van der Waals surface area contributed by atoms with E-state index >= 15 is 0 Å². The van der Waals surface area contributed by atoms with Crippen molar-refractivity contribution in [2.45, 2.75) is 62.9 Å². The molecular weight excluding hydrogens is 687 g/mol. The van der Waals surface area contributed by atoms with Crippen LogP contribution in [-0.4, -0.2) is 126 Å². The van der Waals surface area contributed by atoms with Crippen LogP contribution in [0.15, 0.2) is 36.4 Å². The highest BCUT2D eigenvalue weighted by Gasteiger charge is 2.41. The maximum Gasteiger partial charge on any atom is 0.418 e. The minimum absolute atomic E-state index is 0.0884. The molecule has 2 aromatic rings. The molecule has 0 aromatic heterocycles. The molecule has 6 aliphatic heterocycles. The number of piperazine rings is 1. The number of para-hydroxylation sites is 1. The second kappa shape index (κ2) is 14.7. The lowest BCUT2D eigenvalue weighted by Crippen LogP contribution is -2.62. The van der Waals surface area contributed by atoms with Crippen molar-refractivity contribution >= 4 is 41.0 Å². The van der Waals surface area contributed by atoms with Crippen LogP contribution in [-0.2, 0) is 28.5 Å². The van der Waals surface area contributed by atoms with Gasteiger partial charge in [0.2, 0.25) is 0 Å². The number of nitrogen functional groups attached to an aromatic ring is 1. The van der Waals surface area contributed by atoms with Crippen LogP contribution in [0.4, 0.5) is 34.1 Å². The van der Waals surface area contributed by atoms with Crippen LogP contribution in [0.1, 0.15) is 42.4 Å². The number of piperidine rings is 4. The van der Waals surface area contributed by atoms with E-state index in [0.717, 1.165) is 37.0 Å². The largest absolute Gasteiger partial charge is 0.436 e.